The third kappa shape index (κ3) is 4.51. The third-order valence-corrected chi connectivity index (χ3v) is 5.59. The number of hydrogen-bond acceptors (Lipinski definition) is 5. The molecule has 0 fully saturated rings. The van der Waals surface area contributed by atoms with Gasteiger partial charge >= 0.3 is 5.97 Å². The second-order valence-corrected chi connectivity index (χ2v) is 8.36. The number of carbonyl (C=O) groups is 1. The molecule has 0 spiro atoms. The summed E-state index contributed by atoms with van der Waals surface area (Å²) in [5, 5.41) is 16.2. The zero-order valence-corrected chi connectivity index (χ0v) is 18.2. The van der Waals surface area contributed by atoms with Gasteiger partial charge < -0.3 is 9.84 Å². The number of carboxylic acid groups (broad SMARTS) is 1. The number of ether oxygens (including phenoxy) is 1. The van der Waals surface area contributed by atoms with Gasteiger partial charge in [-0.25, -0.2) is 14.5 Å². The highest BCUT2D eigenvalue weighted by Gasteiger charge is 2.25. The van der Waals surface area contributed by atoms with Crippen LogP contribution in [0.1, 0.15) is 30.8 Å². The fourth-order valence-corrected chi connectivity index (χ4v) is 3.92. The predicted octanol–water partition coefficient (Wildman–Crippen LogP) is 5.79. The van der Waals surface area contributed by atoms with Gasteiger partial charge in [-0.3, -0.25) is 0 Å². The van der Waals surface area contributed by atoms with Crippen LogP contribution in [0.4, 0.5) is 0 Å². The number of thiazole rings is 1. The lowest BCUT2D eigenvalue weighted by atomic mass is 10.1. The van der Waals surface area contributed by atoms with Crippen molar-refractivity contribution in [2.75, 3.05) is 6.61 Å². The molecular formula is C24H23N3O3S. The Kier molecular flexibility index (Phi) is 6.13. The Morgan fingerprint density at radius 3 is 2.29 bits per heavy atom. The van der Waals surface area contributed by atoms with Crippen molar-refractivity contribution in [2.45, 2.75) is 20.3 Å². The Morgan fingerprint density at radius 2 is 1.71 bits per heavy atom. The number of aromatic nitrogens is 3. The molecule has 0 unspecified atom stereocenters. The molecule has 1 N–H and O–H groups in total. The molecule has 0 saturated carbocycles. The minimum absolute atomic E-state index is 0.00181. The van der Waals surface area contributed by atoms with Crippen LogP contribution in [0.5, 0.6) is 5.75 Å². The summed E-state index contributed by atoms with van der Waals surface area (Å²) < 4.78 is 8.02. The summed E-state index contributed by atoms with van der Waals surface area (Å²) in [5.41, 5.74) is 3.31. The molecule has 2 heterocycles. The molecule has 0 aliphatic rings. The van der Waals surface area contributed by atoms with Crippen LogP contribution in [0.15, 0.2) is 66.0 Å². The van der Waals surface area contributed by atoms with E-state index in [9.17, 15) is 9.90 Å². The van der Waals surface area contributed by atoms with E-state index in [0.29, 0.717) is 29.1 Å². The van der Waals surface area contributed by atoms with Crippen LogP contribution in [-0.4, -0.2) is 32.4 Å². The highest BCUT2D eigenvalue weighted by atomic mass is 32.1. The lowest BCUT2D eigenvalue weighted by molar-refractivity contribution is 0.0691. The molecule has 4 rings (SSSR count). The zero-order chi connectivity index (χ0) is 21.8. The summed E-state index contributed by atoms with van der Waals surface area (Å²) in [6.45, 7) is 4.87. The van der Waals surface area contributed by atoms with Crippen molar-refractivity contribution in [1.29, 1.82) is 0 Å². The maximum Gasteiger partial charge on any atom is 0.355 e. The van der Waals surface area contributed by atoms with E-state index < -0.39 is 5.97 Å². The Balaban J connectivity index is 1.92. The summed E-state index contributed by atoms with van der Waals surface area (Å²) in [5.74, 6) is 0.116. The molecule has 0 atom stereocenters. The molecule has 158 valence electrons. The van der Waals surface area contributed by atoms with Crippen LogP contribution in [0, 0.1) is 5.92 Å². The first kappa shape index (κ1) is 20.8. The number of carboxylic acids is 1. The van der Waals surface area contributed by atoms with E-state index in [-0.39, 0.29) is 5.69 Å². The zero-order valence-electron chi connectivity index (χ0n) is 17.4. The lowest BCUT2D eigenvalue weighted by Crippen LogP contribution is -2.04. The van der Waals surface area contributed by atoms with E-state index in [0.717, 1.165) is 23.2 Å². The van der Waals surface area contributed by atoms with Crippen LogP contribution < -0.4 is 4.74 Å². The molecule has 7 heteroatoms. The first-order chi connectivity index (χ1) is 15.0. The van der Waals surface area contributed by atoms with Gasteiger partial charge in [0, 0.05) is 16.5 Å². The van der Waals surface area contributed by atoms with Crippen molar-refractivity contribution in [3.63, 3.8) is 0 Å². The molecule has 2 aromatic heterocycles. The maximum atomic E-state index is 11.4. The van der Waals surface area contributed by atoms with Crippen molar-refractivity contribution < 1.29 is 14.6 Å². The normalized spacial score (nSPS) is 11.1. The summed E-state index contributed by atoms with van der Waals surface area (Å²) >= 11 is 1.24. The molecule has 0 saturated heterocycles. The molecule has 0 aliphatic carbocycles. The third-order valence-electron chi connectivity index (χ3n) is 4.77. The van der Waals surface area contributed by atoms with Gasteiger partial charge in [0.15, 0.2) is 11.4 Å². The number of hydrogen-bond donors (Lipinski definition) is 1. The van der Waals surface area contributed by atoms with Crippen molar-refractivity contribution in [3.05, 3.63) is 71.7 Å². The van der Waals surface area contributed by atoms with E-state index in [1.54, 1.807) is 4.68 Å². The highest BCUT2D eigenvalue weighted by Crippen LogP contribution is 2.41. The molecule has 0 radical (unpaired) electrons. The minimum atomic E-state index is -1.06. The van der Waals surface area contributed by atoms with Crippen molar-refractivity contribution in [3.8, 4) is 33.4 Å². The summed E-state index contributed by atoms with van der Waals surface area (Å²) in [6, 6.07) is 19.7. The Hall–Kier alpha value is -3.45. The summed E-state index contributed by atoms with van der Waals surface area (Å²) in [7, 11) is 0. The van der Waals surface area contributed by atoms with E-state index >= 15 is 0 Å². The Morgan fingerprint density at radius 1 is 1.06 bits per heavy atom. The SMILES string of the molecule is CC(C)CCOc1c(-c2ccccc2)nn(-c2nc(C(=O)O)cs2)c1-c1ccccc1. The highest BCUT2D eigenvalue weighted by molar-refractivity contribution is 7.12. The van der Waals surface area contributed by atoms with Gasteiger partial charge in [0.1, 0.15) is 11.4 Å². The molecule has 31 heavy (non-hydrogen) atoms. The van der Waals surface area contributed by atoms with Crippen LogP contribution in [0.2, 0.25) is 0 Å². The van der Waals surface area contributed by atoms with Crippen LogP contribution in [0.3, 0.4) is 0 Å². The van der Waals surface area contributed by atoms with Crippen LogP contribution in [-0.2, 0) is 0 Å². The Labute approximate surface area is 184 Å². The summed E-state index contributed by atoms with van der Waals surface area (Å²) in [6.07, 6.45) is 0.911. The largest absolute Gasteiger partial charge is 0.489 e. The summed E-state index contributed by atoms with van der Waals surface area (Å²) in [4.78, 5) is 15.7. The van der Waals surface area contributed by atoms with Gasteiger partial charge in [-0.05, 0) is 12.3 Å². The number of benzene rings is 2. The second-order valence-electron chi connectivity index (χ2n) is 7.52. The fourth-order valence-electron chi connectivity index (χ4n) is 3.17. The van der Waals surface area contributed by atoms with Crippen molar-refractivity contribution in [2.24, 2.45) is 5.92 Å². The number of nitrogens with zero attached hydrogens (tertiary/aromatic N) is 3. The number of rotatable bonds is 8. The minimum Gasteiger partial charge on any atom is -0.489 e. The quantitative estimate of drug-likeness (QED) is 0.381. The van der Waals surface area contributed by atoms with Crippen molar-refractivity contribution >= 4 is 17.3 Å². The average Bonchev–Trinajstić information content (AvgIpc) is 3.40. The molecule has 4 aromatic rings. The first-order valence-corrected chi connectivity index (χ1v) is 11.0. The lowest BCUT2D eigenvalue weighted by Gasteiger charge is -2.11. The molecule has 6 nitrogen and oxygen atoms in total. The monoisotopic (exact) mass is 433 g/mol. The van der Waals surface area contributed by atoms with E-state index in [2.05, 4.69) is 18.8 Å². The van der Waals surface area contributed by atoms with Crippen molar-refractivity contribution in [1.82, 2.24) is 14.8 Å². The fraction of sp³-hybridized carbons (Fsp3) is 0.208. The predicted molar refractivity (Wildman–Crippen MR) is 122 cm³/mol. The molecule has 0 bridgehead atoms. The van der Waals surface area contributed by atoms with E-state index in [4.69, 9.17) is 9.84 Å². The molecule has 2 aromatic carbocycles. The van der Waals surface area contributed by atoms with Crippen LogP contribution in [0.25, 0.3) is 27.6 Å². The first-order valence-electron chi connectivity index (χ1n) is 10.1. The van der Waals surface area contributed by atoms with Gasteiger partial charge in [-0.15, -0.1) is 11.3 Å². The Bertz CT molecular complexity index is 1170. The molecular weight excluding hydrogens is 410 g/mol. The number of aromatic carboxylic acids is 1. The van der Waals surface area contributed by atoms with Gasteiger partial charge in [-0.2, -0.15) is 5.10 Å². The van der Waals surface area contributed by atoms with Crippen LogP contribution >= 0.6 is 11.3 Å². The molecule has 0 aliphatic heterocycles. The van der Waals surface area contributed by atoms with E-state index in [1.807, 2.05) is 60.7 Å². The molecule has 0 amide bonds. The van der Waals surface area contributed by atoms with Gasteiger partial charge in [0.2, 0.25) is 5.13 Å². The van der Waals surface area contributed by atoms with Gasteiger partial charge in [-0.1, -0.05) is 74.5 Å². The smallest absolute Gasteiger partial charge is 0.355 e. The second kappa shape index (κ2) is 9.14. The standard InChI is InChI=1S/C24H23N3O3S/c1-16(2)13-14-30-22-20(17-9-5-3-6-10-17)26-27(21(22)18-11-7-4-8-12-18)24-25-19(15-31-24)23(28)29/h3-12,15-16H,13-14H2,1-2H3,(H,28,29). The average molecular weight is 434 g/mol. The maximum absolute atomic E-state index is 11.4. The van der Waals surface area contributed by atoms with E-state index in [1.165, 1.54) is 16.7 Å². The van der Waals surface area contributed by atoms with Gasteiger partial charge in [0.25, 0.3) is 0 Å². The van der Waals surface area contributed by atoms with Gasteiger partial charge in [0.05, 0.1) is 6.61 Å². The topological polar surface area (TPSA) is 77.2 Å².